The summed E-state index contributed by atoms with van der Waals surface area (Å²) >= 11 is 0. The molecule has 1 unspecified atom stereocenters. The number of nitrogens with one attached hydrogen (secondary N) is 1. The molecule has 4 bridgehead atoms. The van der Waals surface area contributed by atoms with Crippen LogP contribution in [0.3, 0.4) is 0 Å². The minimum absolute atomic E-state index is 0.148. The topological polar surface area (TPSA) is 113 Å². The van der Waals surface area contributed by atoms with Crippen LogP contribution >= 0.6 is 0 Å². The van der Waals surface area contributed by atoms with E-state index in [-0.39, 0.29) is 6.04 Å². The number of rotatable bonds is 2. The third kappa shape index (κ3) is 3.78. The highest BCUT2D eigenvalue weighted by Crippen LogP contribution is 2.33. The van der Waals surface area contributed by atoms with Gasteiger partial charge in [0.15, 0.2) is 5.82 Å². The summed E-state index contributed by atoms with van der Waals surface area (Å²) in [5.74, 6) is 2.51. The van der Waals surface area contributed by atoms with Crippen molar-refractivity contribution in [3.8, 4) is 28.7 Å². The van der Waals surface area contributed by atoms with E-state index in [4.69, 9.17) is 9.84 Å². The summed E-state index contributed by atoms with van der Waals surface area (Å²) in [6, 6.07) is 5.98. The zero-order chi connectivity index (χ0) is 23.9. The first-order valence-corrected chi connectivity index (χ1v) is 11.8. The highest BCUT2D eigenvalue weighted by Gasteiger charge is 2.20. The van der Waals surface area contributed by atoms with Crippen molar-refractivity contribution in [2.24, 2.45) is 7.05 Å². The van der Waals surface area contributed by atoms with Crippen LogP contribution in [-0.2, 0) is 13.6 Å². The monoisotopic (exact) mass is 470 g/mol. The van der Waals surface area contributed by atoms with E-state index in [9.17, 15) is 0 Å². The zero-order valence-corrected chi connectivity index (χ0v) is 19.9. The van der Waals surface area contributed by atoms with Gasteiger partial charge in [-0.15, -0.1) is 0 Å². The van der Waals surface area contributed by atoms with Gasteiger partial charge in [0, 0.05) is 49.7 Å². The molecule has 0 amide bonds. The van der Waals surface area contributed by atoms with Gasteiger partial charge in [0.25, 0.3) is 0 Å². The van der Waals surface area contributed by atoms with Gasteiger partial charge in [-0.3, -0.25) is 9.36 Å². The SMILES string of the molecule is CCn1ccc(-c2nn3c4cc(ncc24)Nc2ccnc(n2)-c2cnn(C)c2OCCCC3C)n1. The van der Waals surface area contributed by atoms with Crippen LogP contribution in [-0.4, -0.2) is 50.9 Å². The third-order valence-electron chi connectivity index (χ3n) is 6.26. The van der Waals surface area contributed by atoms with Gasteiger partial charge in [0.1, 0.15) is 28.6 Å². The normalized spacial score (nSPS) is 15.8. The van der Waals surface area contributed by atoms with E-state index in [2.05, 4.69) is 49.0 Å². The Labute approximate surface area is 201 Å². The number of aromatic nitrogens is 9. The predicted octanol–water partition coefficient (Wildman–Crippen LogP) is 3.98. The Hall–Kier alpha value is -4.28. The van der Waals surface area contributed by atoms with Gasteiger partial charge in [-0.05, 0) is 38.8 Å². The first-order valence-electron chi connectivity index (χ1n) is 11.8. The maximum atomic E-state index is 6.13. The maximum absolute atomic E-state index is 6.13. The number of fused-ring (bicyclic) bond motifs is 5. The van der Waals surface area contributed by atoms with Crippen LogP contribution in [0.2, 0.25) is 0 Å². The van der Waals surface area contributed by atoms with E-state index >= 15 is 0 Å². The van der Waals surface area contributed by atoms with Crippen molar-refractivity contribution >= 4 is 22.5 Å². The van der Waals surface area contributed by atoms with E-state index in [0.717, 1.165) is 47.2 Å². The molecule has 0 aliphatic carbocycles. The van der Waals surface area contributed by atoms with E-state index in [1.165, 1.54) is 0 Å². The fraction of sp³-hybridized carbons (Fsp3) is 0.333. The second kappa shape index (κ2) is 8.49. The molecule has 5 aromatic heterocycles. The molecule has 11 nitrogen and oxygen atoms in total. The molecule has 6 rings (SSSR count). The number of ether oxygens (including phenoxy) is 1. The minimum Gasteiger partial charge on any atom is -0.477 e. The average molecular weight is 471 g/mol. The highest BCUT2D eigenvalue weighted by atomic mass is 16.5. The molecule has 0 saturated carbocycles. The van der Waals surface area contributed by atoms with Crippen molar-refractivity contribution in [3.63, 3.8) is 0 Å². The Balaban J connectivity index is 1.47. The van der Waals surface area contributed by atoms with Gasteiger partial charge in [-0.1, -0.05) is 0 Å². The smallest absolute Gasteiger partial charge is 0.222 e. The molecule has 1 N–H and O–H groups in total. The molecule has 178 valence electrons. The quantitative estimate of drug-likeness (QED) is 0.412. The molecule has 0 fully saturated rings. The van der Waals surface area contributed by atoms with Crippen LogP contribution < -0.4 is 10.1 Å². The molecule has 6 heterocycles. The van der Waals surface area contributed by atoms with Gasteiger partial charge >= 0.3 is 0 Å². The number of nitrogens with zero attached hydrogens (tertiary/aromatic N) is 9. The van der Waals surface area contributed by atoms with E-state index in [1.54, 1.807) is 17.1 Å². The molecular weight excluding hydrogens is 444 g/mol. The number of hydrogen-bond donors (Lipinski definition) is 1. The molecular formula is C24H26N10O. The van der Waals surface area contributed by atoms with Crippen molar-refractivity contribution in [2.45, 2.75) is 39.3 Å². The van der Waals surface area contributed by atoms with Crippen molar-refractivity contribution in [3.05, 3.63) is 43.0 Å². The summed E-state index contributed by atoms with van der Waals surface area (Å²) in [7, 11) is 1.86. The van der Waals surface area contributed by atoms with Crippen LogP contribution in [0.25, 0.3) is 33.7 Å². The summed E-state index contributed by atoms with van der Waals surface area (Å²) in [6.07, 6.45) is 9.02. The van der Waals surface area contributed by atoms with Gasteiger partial charge in [-0.2, -0.15) is 15.3 Å². The molecule has 0 aromatic carbocycles. The molecule has 1 aliphatic rings. The Morgan fingerprint density at radius 3 is 2.91 bits per heavy atom. The Kier molecular flexibility index (Phi) is 5.16. The van der Waals surface area contributed by atoms with Gasteiger partial charge in [0.2, 0.25) is 5.88 Å². The van der Waals surface area contributed by atoms with E-state index < -0.39 is 0 Å². The van der Waals surface area contributed by atoms with Crippen molar-refractivity contribution in [1.82, 2.24) is 44.3 Å². The van der Waals surface area contributed by atoms with Crippen molar-refractivity contribution in [1.29, 1.82) is 0 Å². The van der Waals surface area contributed by atoms with Crippen LogP contribution in [0.4, 0.5) is 11.6 Å². The van der Waals surface area contributed by atoms with Crippen molar-refractivity contribution < 1.29 is 4.74 Å². The van der Waals surface area contributed by atoms with Gasteiger partial charge in [0.05, 0.1) is 18.3 Å². The predicted molar refractivity (Wildman–Crippen MR) is 131 cm³/mol. The summed E-state index contributed by atoms with van der Waals surface area (Å²) in [5, 5.41) is 18.3. The van der Waals surface area contributed by atoms with Crippen LogP contribution in [0, 0.1) is 0 Å². The van der Waals surface area contributed by atoms with E-state index in [1.807, 2.05) is 42.3 Å². The lowest BCUT2D eigenvalue weighted by Gasteiger charge is -2.14. The molecule has 1 atom stereocenters. The summed E-state index contributed by atoms with van der Waals surface area (Å²) < 4.78 is 11.8. The van der Waals surface area contributed by atoms with Gasteiger partial charge in [-0.25, -0.2) is 19.6 Å². The van der Waals surface area contributed by atoms with Crippen LogP contribution in [0.1, 0.15) is 32.7 Å². The Morgan fingerprint density at radius 2 is 2.06 bits per heavy atom. The summed E-state index contributed by atoms with van der Waals surface area (Å²) in [6.45, 7) is 5.60. The Bertz CT molecular complexity index is 1510. The molecule has 1 aliphatic heterocycles. The second-order valence-corrected chi connectivity index (χ2v) is 8.65. The number of aryl methyl sites for hydroxylation is 2. The molecule has 11 heteroatoms. The van der Waals surface area contributed by atoms with Crippen LogP contribution in [0.5, 0.6) is 5.88 Å². The fourth-order valence-electron chi connectivity index (χ4n) is 4.40. The maximum Gasteiger partial charge on any atom is 0.222 e. The molecule has 5 aromatic rings. The lowest BCUT2D eigenvalue weighted by molar-refractivity contribution is 0.271. The number of hydrogen-bond acceptors (Lipinski definition) is 8. The Morgan fingerprint density at radius 1 is 1.14 bits per heavy atom. The molecule has 0 radical (unpaired) electrons. The number of anilines is 2. The van der Waals surface area contributed by atoms with E-state index in [0.29, 0.717) is 29.9 Å². The largest absolute Gasteiger partial charge is 0.477 e. The zero-order valence-electron chi connectivity index (χ0n) is 19.9. The molecule has 0 saturated heterocycles. The lowest BCUT2D eigenvalue weighted by Crippen LogP contribution is -2.10. The summed E-state index contributed by atoms with van der Waals surface area (Å²) in [4.78, 5) is 13.8. The summed E-state index contributed by atoms with van der Waals surface area (Å²) in [5.41, 5.74) is 3.42. The van der Waals surface area contributed by atoms with Crippen LogP contribution in [0.15, 0.2) is 43.0 Å². The average Bonchev–Trinajstić information content (AvgIpc) is 3.58. The fourth-order valence-corrected chi connectivity index (χ4v) is 4.40. The highest BCUT2D eigenvalue weighted by molar-refractivity contribution is 5.93. The first-order chi connectivity index (χ1) is 17.1. The second-order valence-electron chi connectivity index (χ2n) is 8.65. The standard InChI is InChI=1S/C24H26N10O/c1-4-33-10-8-18(30-33)22-16-13-26-21-12-19(16)34(31-22)15(2)6-5-11-35-24-17(14-27-32(24)3)23-25-9-7-20(28-21)29-23/h7-10,12-15H,4-6,11H2,1-3H3,(H,25,26,28,29). The first kappa shape index (κ1) is 21.3. The molecule has 35 heavy (non-hydrogen) atoms. The van der Waals surface area contributed by atoms with Crippen molar-refractivity contribution in [2.75, 3.05) is 11.9 Å². The third-order valence-corrected chi connectivity index (χ3v) is 6.26. The molecule has 0 spiro atoms. The van der Waals surface area contributed by atoms with Gasteiger partial charge < -0.3 is 10.1 Å². The lowest BCUT2D eigenvalue weighted by atomic mass is 10.1. The minimum atomic E-state index is 0.148. The number of pyridine rings is 1.